The minimum absolute atomic E-state index is 0.0513. The molecule has 1 aliphatic heterocycles. The zero-order valence-corrected chi connectivity index (χ0v) is 11.4. The molecule has 1 aliphatic rings. The fraction of sp³-hybridized carbons (Fsp3) is 0.385. The summed E-state index contributed by atoms with van der Waals surface area (Å²) in [5, 5.41) is 2.75. The van der Waals surface area contributed by atoms with Gasteiger partial charge in [0.15, 0.2) is 0 Å². The van der Waals surface area contributed by atoms with Gasteiger partial charge in [-0.2, -0.15) is 0 Å². The van der Waals surface area contributed by atoms with Crippen LogP contribution in [0.2, 0.25) is 0 Å². The largest absolute Gasteiger partial charge is 0.348 e. The second-order valence-electron chi connectivity index (χ2n) is 4.38. The first-order valence-corrected chi connectivity index (χ1v) is 7.01. The van der Waals surface area contributed by atoms with Crippen LogP contribution in [0.1, 0.15) is 18.5 Å². The average Bonchev–Trinajstić information content (AvgIpc) is 2.75. The van der Waals surface area contributed by atoms with Crippen LogP contribution >= 0.6 is 11.8 Å². The molecule has 4 nitrogen and oxygen atoms in total. The van der Waals surface area contributed by atoms with E-state index in [1.807, 2.05) is 6.92 Å². The predicted molar refractivity (Wildman–Crippen MR) is 72.4 cm³/mol. The van der Waals surface area contributed by atoms with E-state index < -0.39 is 0 Å². The minimum atomic E-state index is -0.304. The van der Waals surface area contributed by atoms with E-state index in [1.165, 1.54) is 28.8 Å². The van der Waals surface area contributed by atoms with Gasteiger partial charge in [-0.25, -0.2) is 4.39 Å². The number of rotatable bonds is 4. The summed E-state index contributed by atoms with van der Waals surface area (Å²) in [5.41, 5.74) is 0.830. The Hall–Kier alpha value is -1.56. The van der Waals surface area contributed by atoms with Crippen LogP contribution in [0.5, 0.6) is 0 Å². The summed E-state index contributed by atoms with van der Waals surface area (Å²) < 4.78 is 12.8. The molecular formula is C13H15FN2O2S. The highest BCUT2D eigenvalue weighted by Gasteiger charge is 2.23. The second-order valence-corrected chi connectivity index (χ2v) is 5.42. The molecule has 19 heavy (non-hydrogen) atoms. The number of hydrogen-bond donors (Lipinski definition) is 1. The molecule has 1 N–H and O–H groups in total. The molecule has 1 unspecified atom stereocenters. The smallest absolute Gasteiger partial charge is 0.282 e. The van der Waals surface area contributed by atoms with E-state index in [2.05, 4.69) is 5.32 Å². The van der Waals surface area contributed by atoms with Crippen molar-refractivity contribution >= 4 is 22.9 Å². The van der Waals surface area contributed by atoms with Crippen LogP contribution in [-0.4, -0.2) is 34.9 Å². The normalized spacial score (nSPS) is 16.5. The lowest BCUT2D eigenvalue weighted by molar-refractivity contribution is -0.122. The van der Waals surface area contributed by atoms with Crippen molar-refractivity contribution < 1.29 is 14.0 Å². The van der Waals surface area contributed by atoms with E-state index in [1.54, 1.807) is 12.1 Å². The Morgan fingerprint density at radius 2 is 2.16 bits per heavy atom. The molecule has 1 saturated heterocycles. The number of halogens is 1. The van der Waals surface area contributed by atoms with Gasteiger partial charge in [-0.15, -0.1) is 0 Å². The van der Waals surface area contributed by atoms with E-state index in [0.29, 0.717) is 6.54 Å². The molecule has 0 bridgehead atoms. The molecule has 2 amide bonds. The van der Waals surface area contributed by atoms with Crippen LogP contribution < -0.4 is 5.32 Å². The molecule has 6 heteroatoms. The van der Waals surface area contributed by atoms with Crippen molar-refractivity contribution in [2.75, 3.05) is 18.8 Å². The van der Waals surface area contributed by atoms with E-state index in [0.717, 1.165) is 11.3 Å². The van der Waals surface area contributed by atoms with Gasteiger partial charge >= 0.3 is 0 Å². The summed E-state index contributed by atoms with van der Waals surface area (Å²) in [7, 11) is 0. The maximum Gasteiger partial charge on any atom is 0.282 e. The van der Waals surface area contributed by atoms with Crippen molar-refractivity contribution in [3.05, 3.63) is 35.6 Å². The van der Waals surface area contributed by atoms with Crippen molar-refractivity contribution in [1.29, 1.82) is 0 Å². The Balaban J connectivity index is 1.87. The van der Waals surface area contributed by atoms with Gasteiger partial charge in [-0.1, -0.05) is 23.9 Å². The monoisotopic (exact) mass is 282 g/mol. The first-order valence-electron chi connectivity index (χ1n) is 6.03. The molecule has 1 atom stereocenters. The molecule has 102 valence electrons. The lowest BCUT2D eigenvalue weighted by atomic mass is 10.1. The van der Waals surface area contributed by atoms with Gasteiger partial charge in [-0.05, 0) is 24.6 Å². The Kier molecular flexibility index (Phi) is 4.42. The number of benzene rings is 1. The van der Waals surface area contributed by atoms with E-state index in [-0.39, 0.29) is 29.6 Å². The molecule has 1 fully saturated rings. The molecule has 1 aromatic rings. The second kappa shape index (κ2) is 6.06. The van der Waals surface area contributed by atoms with Crippen LogP contribution in [0, 0.1) is 5.82 Å². The molecule has 2 rings (SSSR count). The topological polar surface area (TPSA) is 49.4 Å². The highest BCUT2D eigenvalue weighted by atomic mass is 32.2. The van der Waals surface area contributed by atoms with Gasteiger partial charge in [0.1, 0.15) is 12.4 Å². The Morgan fingerprint density at radius 1 is 1.47 bits per heavy atom. The standard InChI is InChI=1S/C13H15FN2O2S/c1-9(10-2-4-11(14)5-3-10)15-12(17)8-16-6-7-19-13(16)18/h2-5,9H,6-8H2,1H3,(H,15,17). The SMILES string of the molecule is CC(NC(=O)CN1CCSC1=O)c1ccc(F)cc1. The third-order valence-electron chi connectivity index (χ3n) is 2.93. The molecule has 1 aromatic carbocycles. The number of amides is 2. The summed E-state index contributed by atoms with van der Waals surface area (Å²) >= 11 is 1.23. The fourth-order valence-electron chi connectivity index (χ4n) is 1.86. The summed E-state index contributed by atoms with van der Waals surface area (Å²) in [6, 6.07) is 5.78. The van der Waals surface area contributed by atoms with Crippen molar-refractivity contribution in [3.63, 3.8) is 0 Å². The first kappa shape index (κ1) is 13.9. The first-order chi connectivity index (χ1) is 9.06. The van der Waals surface area contributed by atoms with E-state index in [9.17, 15) is 14.0 Å². The fourth-order valence-corrected chi connectivity index (χ4v) is 2.69. The lowest BCUT2D eigenvalue weighted by Gasteiger charge is -2.18. The highest BCUT2D eigenvalue weighted by molar-refractivity contribution is 8.13. The van der Waals surface area contributed by atoms with Crippen molar-refractivity contribution in [3.8, 4) is 0 Å². The molecule has 1 heterocycles. The third kappa shape index (κ3) is 3.70. The Bertz CT molecular complexity index is 478. The van der Waals surface area contributed by atoms with Gasteiger partial charge in [0.25, 0.3) is 5.24 Å². The van der Waals surface area contributed by atoms with Crippen LogP contribution in [0.25, 0.3) is 0 Å². The molecule has 0 saturated carbocycles. The van der Waals surface area contributed by atoms with Gasteiger partial charge in [0.2, 0.25) is 5.91 Å². The number of hydrogen-bond acceptors (Lipinski definition) is 3. The summed E-state index contributed by atoms with van der Waals surface area (Å²) in [6.45, 7) is 2.52. The van der Waals surface area contributed by atoms with Crippen molar-refractivity contribution in [2.24, 2.45) is 0 Å². The summed E-state index contributed by atoms with van der Waals surface area (Å²) in [5.74, 6) is 0.231. The van der Waals surface area contributed by atoms with Gasteiger partial charge in [0.05, 0.1) is 6.04 Å². The molecule has 0 aliphatic carbocycles. The van der Waals surface area contributed by atoms with E-state index in [4.69, 9.17) is 0 Å². The highest BCUT2D eigenvalue weighted by Crippen LogP contribution is 2.17. The number of carbonyl (C=O) groups excluding carboxylic acids is 2. The zero-order valence-electron chi connectivity index (χ0n) is 10.6. The molecule has 0 radical (unpaired) electrons. The van der Waals surface area contributed by atoms with Crippen LogP contribution in [0.3, 0.4) is 0 Å². The average molecular weight is 282 g/mol. The Morgan fingerprint density at radius 3 is 2.74 bits per heavy atom. The number of thioether (sulfide) groups is 1. The quantitative estimate of drug-likeness (QED) is 0.920. The maximum atomic E-state index is 12.8. The Labute approximate surface area is 115 Å². The maximum absolute atomic E-state index is 12.8. The molecule has 0 spiro atoms. The van der Waals surface area contributed by atoms with Gasteiger partial charge < -0.3 is 10.2 Å². The van der Waals surface area contributed by atoms with Crippen molar-refractivity contribution in [2.45, 2.75) is 13.0 Å². The number of nitrogens with one attached hydrogen (secondary N) is 1. The molecular weight excluding hydrogens is 267 g/mol. The van der Waals surface area contributed by atoms with Gasteiger partial charge in [0, 0.05) is 12.3 Å². The number of nitrogens with zero attached hydrogens (tertiary/aromatic N) is 1. The third-order valence-corrected chi connectivity index (χ3v) is 3.82. The van der Waals surface area contributed by atoms with E-state index >= 15 is 0 Å². The predicted octanol–water partition coefficient (Wildman–Crippen LogP) is 2.17. The summed E-state index contributed by atoms with van der Waals surface area (Å²) in [6.07, 6.45) is 0. The van der Waals surface area contributed by atoms with Crippen molar-refractivity contribution in [1.82, 2.24) is 10.2 Å². The van der Waals surface area contributed by atoms with Gasteiger partial charge in [-0.3, -0.25) is 9.59 Å². The number of carbonyl (C=O) groups is 2. The lowest BCUT2D eigenvalue weighted by Crippen LogP contribution is -2.38. The minimum Gasteiger partial charge on any atom is -0.348 e. The van der Waals surface area contributed by atoms with Crippen LogP contribution in [0.15, 0.2) is 24.3 Å². The zero-order chi connectivity index (χ0) is 13.8. The molecule has 0 aromatic heterocycles. The van der Waals surface area contributed by atoms with Crippen LogP contribution in [0.4, 0.5) is 9.18 Å². The van der Waals surface area contributed by atoms with Crippen LogP contribution in [-0.2, 0) is 4.79 Å². The summed E-state index contributed by atoms with van der Waals surface area (Å²) in [4.78, 5) is 24.7.